The van der Waals surface area contributed by atoms with E-state index in [1.165, 1.54) is 0 Å². The highest BCUT2D eigenvalue weighted by Gasteiger charge is 2.27. The Morgan fingerprint density at radius 3 is 2.22 bits per heavy atom. The molecule has 1 atom stereocenters. The van der Waals surface area contributed by atoms with Crippen molar-refractivity contribution in [1.82, 2.24) is 0 Å². The number of hydrogen-bond donors (Lipinski definition) is 2. The summed E-state index contributed by atoms with van der Waals surface area (Å²) in [4.78, 5) is 10.5. The summed E-state index contributed by atoms with van der Waals surface area (Å²) in [5.74, 6) is -0.437. The Labute approximate surface area is 54.9 Å². The number of aliphatic hydroxyl groups excluding tert-OH is 1. The lowest BCUT2D eigenvalue weighted by Gasteiger charge is -2.20. The number of nitrogens with two attached hydrogens (primary N) is 1. The maximum absolute atomic E-state index is 10.5. The minimum Gasteiger partial charge on any atom is -0.395 e. The summed E-state index contributed by atoms with van der Waals surface area (Å²) >= 11 is 0. The topological polar surface area (TPSA) is 63.3 Å². The molecule has 0 saturated carbocycles. The molecule has 0 aromatic heterocycles. The summed E-state index contributed by atoms with van der Waals surface area (Å²) in [5, 5.41) is 8.65. The highest BCUT2D eigenvalue weighted by atomic mass is 16.3. The number of aliphatic hydroxyl groups is 1. The van der Waals surface area contributed by atoms with E-state index >= 15 is 0 Å². The third-order valence-electron chi connectivity index (χ3n) is 1.72. The molecule has 0 unspecified atom stereocenters. The van der Waals surface area contributed by atoms with Gasteiger partial charge in [-0.2, -0.15) is 0 Å². The summed E-state index contributed by atoms with van der Waals surface area (Å²) < 4.78 is 0. The van der Waals surface area contributed by atoms with E-state index in [9.17, 15) is 4.79 Å². The zero-order chi connectivity index (χ0) is 7.49. The third kappa shape index (κ3) is 1.68. The maximum Gasteiger partial charge on any atom is 0.225 e. The van der Waals surface area contributed by atoms with E-state index in [2.05, 4.69) is 0 Å². The van der Waals surface area contributed by atoms with Crippen molar-refractivity contribution in [3.8, 4) is 0 Å². The van der Waals surface area contributed by atoms with Crippen LogP contribution in [0.15, 0.2) is 0 Å². The van der Waals surface area contributed by atoms with Crippen LogP contribution < -0.4 is 5.73 Å². The average Bonchev–Trinajstić information content (AvgIpc) is 1.86. The summed E-state index contributed by atoms with van der Waals surface area (Å²) in [6.07, 6.45) is 0.582. The van der Waals surface area contributed by atoms with Crippen molar-refractivity contribution in [2.45, 2.75) is 20.3 Å². The molecule has 3 N–H and O–H groups in total. The molecule has 0 aromatic carbocycles. The van der Waals surface area contributed by atoms with Gasteiger partial charge in [-0.05, 0) is 13.3 Å². The van der Waals surface area contributed by atoms with Crippen LogP contribution in [0.4, 0.5) is 0 Å². The highest BCUT2D eigenvalue weighted by Crippen LogP contribution is 2.18. The molecule has 0 aliphatic heterocycles. The zero-order valence-electron chi connectivity index (χ0n) is 5.85. The highest BCUT2D eigenvalue weighted by molar-refractivity contribution is 5.80. The smallest absolute Gasteiger partial charge is 0.225 e. The molecule has 0 rings (SSSR count). The fraction of sp³-hybridized carbons (Fsp3) is 0.833. The van der Waals surface area contributed by atoms with Gasteiger partial charge in [0.2, 0.25) is 5.91 Å². The molecule has 0 heterocycles. The number of carbonyl (C=O) groups excluding carboxylic acids is 1. The Kier molecular flexibility index (Phi) is 2.65. The van der Waals surface area contributed by atoms with Gasteiger partial charge in [0.05, 0.1) is 12.0 Å². The fourth-order valence-corrected chi connectivity index (χ4v) is 0.364. The molecular formula is C6H13NO2. The standard InChI is InChI=1S/C6H13NO2/c1-3-6(2,4-8)5(7)9/h8H,3-4H2,1-2H3,(H2,7,9)/t6-/m0/s1. The molecule has 3 nitrogen and oxygen atoms in total. The molecule has 0 fully saturated rings. The van der Waals surface area contributed by atoms with E-state index in [1.807, 2.05) is 6.92 Å². The van der Waals surface area contributed by atoms with E-state index < -0.39 is 11.3 Å². The lowest BCUT2D eigenvalue weighted by molar-refractivity contribution is -0.129. The van der Waals surface area contributed by atoms with Crippen LogP contribution in [0.5, 0.6) is 0 Å². The molecule has 0 aromatic rings. The predicted octanol–water partition coefficient (Wildman–Crippen LogP) is -0.120. The number of primary amides is 1. The van der Waals surface area contributed by atoms with Gasteiger partial charge in [-0.3, -0.25) is 4.79 Å². The molecule has 0 radical (unpaired) electrons. The van der Waals surface area contributed by atoms with Crippen molar-refractivity contribution in [2.75, 3.05) is 6.61 Å². The van der Waals surface area contributed by atoms with Gasteiger partial charge in [-0.1, -0.05) is 6.92 Å². The quantitative estimate of drug-likeness (QED) is 0.561. The second-order valence-electron chi connectivity index (χ2n) is 2.44. The summed E-state index contributed by atoms with van der Waals surface area (Å²) in [7, 11) is 0. The van der Waals surface area contributed by atoms with Gasteiger partial charge in [-0.15, -0.1) is 0 Å². The second-order valence-corrected chi connectivity index (χ2v) is 2.44. The molecule has 9 heavy (non-hydrogen) atoms. The molecule has 0 aliphatic carbocycles. The van der Waals surface area contributed by atoms with Gasteiger partial charge in [0.1, 0.15) is 0 Å². The molecule has 0 bridgehead atoms. The van der Waals surface area contributed by atoms with Crippen LogP contribution in [-0.4, -0.2) is 17.6 Å². The first-order valence-corrected chi connectivity index (χ1v) is 2.97. The normalized spacial score (nSPS) is 16.8. The predicted molar refractivity (Wildman–Crippen MR) is 34.7 cm³/mol. The average molecular weight is 131 g/mol. The van der Waals surface area contributed by atoms with Crippen LogP contribution in [0.3, 0.4) is 0 Å². The Bertz CT molecular complexity index is 108. The first kappa shape index (κ1) is 8.43. The summed E-state index contributed by atoms with van der Waals surface area (Å²) in [6, 6.07) is 0. The van der Waals surface area contributed by atoms with Crippen LogP contribution in [0, 0.1) is 5.41 Å². The van der Waals surface area contributed by atoms with Crippen LogP contribution >= 0.6 is 0 Å². The van der Waals surface area contributed by atoms with Crippen molar-refractivity contribution < 1.29 is 9.90 Å². The number of amides is 1. The van der Waals surface area contributed by atoms with Crippen LogP contribution in [0.25, 0.3) is 0 Å². The van der Waals surface area contributed by atoms with E-state index in [1.54, 1.807) is 6.92 Å². The van der Waals surface area contributed by atoms with Crippen molar-refractivity contribution in [3.63, 3.8) is 0 Å². The molecule has 0 saturated heterocycles. The molecule has 54 valence electrons. The summed E-state index contributed by atoms with van der Waals surface area (Å²) in [6.45, 7) is 3.30. The Hall–Kier alpha value is -0.570. The summed E-state index contributed by atoms with van der Waals surface area (Å²) in [5.41, 5.74) is 4.27. The van der Waals surface area contributed by atoms with Gasteiger partial charge in [-0.25, -0.2) is 0 Å². The van der Waals surface area contributed by atoms with Gasteiger partial charge >= 0.3 is 0 Å². The van der Waals surface area contributed by atoms with Gasteiger partial charge in [0.15, 0.2) is 0 Å². The van der Waals surface area contributed by atoms with Gasteiger partial charge in [0, 0.05) is 0 Å². The largest absolute Gasteiger partial charge is 0.395 e. The molecular weight excluding hydrogens is 118 g/mol. The fourth-order valence-electron chi connectivity index (χ4n) is 0.364. The monoisotopic (exact) mass is 131 g/mol. The third-order valence-corrected chi connectivity index (χ3v) is 1.72. The van der Waals surface area contributed by atoms with Crippen molar-refractivity contribution in [1.29, 1.82) is 0 Å². The first-order chi connectivity index (χ1) is 4.06. The molecule has 0 spiro atoms. The van der Waals surface area contributed by atoms with Gasteiger partial charge < -0.3 is 10.8 Å². The van der Waals surface area contributed by atoms with Crippen LogP contribution in [-0.2, 0) is 4.79 Å². The Morgan fingerprint density at radius 1 is 1.78 bits per heavy atom. The van der Waals surface area contributed by atoms with Crippen molar-refractivity contribution >= 4 is 5.91 Å². The minimum absolute atomic E-state index is 0.168. The van der Waals surface area contributed by atoms with E-state index in [0.717, 1.165) is 0 Å². The zero-order valence-corrected chi connectivity index (χ0v) is 5.85. The lowest BCUT2D eigenvalue weighted by Crippen LogP contribution is -2.36. The number of hydrogen-bond acceptors (Lipinski definition) is 2. The van der Waals surface area contributed by atoms with Crippen molar-refractivity contribution in [3.05, 3.63) is 0 Å². The van der Waals surface area contributed by atoms with E-state index in [4.69, 9.17) is 10.8 Å². The van der Waals surface area contributed by atoms with Crippen LogP contribution in [0.1, 0.15) is 20.3 Å². The Morgan fingerprint density at radius 2 is 2.22 bits per heavy atom. The van der Waals surface area contributed by atoms with Crippen LogP contribution in [0.2, 0.25) is 0 Å². The van der Waals surface area contributed by atoms with E-state index in [-0.39, 0.29) is 6.61 Å². The molecule has 3 heteroatoms. The Balaban J connectivity index is 4.09. The number of carbonyl (C=O) groups is 1. The maximum atomic E-state index is 10.5. The van der Waals surface area contributed by atoms with Gasteiger partial charge in [0.25, 0.3) is 0 Å². The number of rotatable bonds is 3. The second kappa shape index (κ2) is 2.82. The molecule has 1 amide bonds. The van der Waals surface area contributed by atoms with E-state index in [0.29, 0.717) is 6.42 Å². The first-order valence-electron chi connectivity index (χ1n) is 2.97. The lowest BCUT2D eigenvalue weighted by atomic mass is 9.88. The SMILES string of the molecule is CC[C@@](C)(CO)C(N)=O. The molecule has 0 aliphatic rings. The van der Waals surface area contributed by atoms with Crippen molar-refractivity contribution in [2.24, 2.45) is 11.1 Å². The minimum atomic E-state index is -0.722.